The fraction of sp³-hybridized carbons (Fsp3) is 0.483. The fourth-order valence-corrected chi connectivity index (χ4v) is 5.98. The van der Waals surface area contributed by atoms with Gasteiger partial charge in [-0.2, -0.15) is 0 Å². The van der Waals surface area contributed by atoms with Crippen LogP contribution in [0.25, 0.3) is 0 Å². The van der Waals surface area contributed by atoms with Gasteiger partial charge in [-0.25, -0.2) is 4.79 Å². The topological polar surface area (TPSA) is 73.0 Å². The zero-order valence-electron chi connectivity index (χ0n) is 21.8. The fourth-order valence-electron chi connectivity index (χ4n) is 5.72. The molecule has 2 heterocycles. The van der Waals surface area contributed by atoms with Gasteiger partial charge in [-0.3, -0.25) is 14.5 Å². The van der Waals surface area contributed by atoms with Crippen molar-refractivity contribution in [1.29, 1.82) is 0 Å². The molecule has 2 aliphatic heterocycles. The lowest BCUT2D eigenvalue weighted by Crippen LogP contribution is -2.56. The Labute approximate surface area is 239 Å². The summed E-state index contributed by atoms with van der Waals surface area (Å²) in [7, 11) is 0. The predicted octanol–water partition coefficient (Wildman–Crippen LogP) is 5.15. The number of likely N-dealkylation sites (N-methyl/N-ethyl adjacent to an activating group) is 1. The van der Waals surface area contributed by atoms with Gasteiger partial charge in [0.25, 0.3) is 5.91 Å². The molecule has 204 valence electrons. The van der Waals surface area contributed by atoms with Gasteiger partial charge in [0.2, 0.25) is 5.91 Å². The van der Waals surface area contributed by atoms with Crippen LogP contribution < -0.4 is 5.32 Å². The van der Waals surface area contributed by atoms with E-state index < -0.39 is 5.54 Å². The van der Waals surface area contributed by atoms with Crippen molar-refractivity contribution in [3.05, 3.63) is 70.2 Å². The average Bonchev–Trinajstić information content (AvgIpc) is 3.75. The standard InChI is InChI=1S/C29H35BrN4O3.ClH/c1-2-34-28(37)33(20-21-8-12-24(30)13-9-21)27(36)29(34)15-18-32(19-16-29)17-14-25(22-6-4-3-5-7-22)31-26(35)23-10-11-23;/h3-9,12-13,23,25H,2,10-11,14-20H2,1H3,(H,31,35);1H/t25-;/m0./s1. The van der Waals surface area contributed by atoms with Crippen LogP contribution in [0.15, 0.2) is 59.1 Å². The number of amides is 4. The lowest BCUT2D eigenvalue weighted by molar-refractivity contribution is -0.136. The number of urea groups is 1. The second-order valence-electron chi connectivity index (χ2n) is 10.5. The number of hydrogen-bond donors (Lipinski definition) is 1. The molecule has 1 atom stereocenters. The number of rotatable bonds is 9. The van der Waals surface area contributed by atoms with Crippen LogP contribution in [-0.2, 0) is 16.1 Å². The highest BCUT2D eigenvalue weighted by molar-refractivity contribution is 9.10. The second kappa shape index (κ2) is 12.2. The highest BCUT2D eigenvalue weighted by Gasteiger charge is 2.57. The van der Waals surface area contributed by atoms with Gasteiger partial charge in [-0.15, -0.1) is 12.4 Å². The monoisotopic (exact) mass is 602 g/mol. The van der Waals surface area contributed by atoms with Gasteiger partial charge >= 0.3 is 6.03 Å². The van der Waals surface area contributed by atoms with E-state index in [2.05, 4.69) is 38.3 Å². The van der Waals surface area contributed by atoms with E-state index in [1.807, 2.05) is 49.4 Å². The number of hydrogen-bond acceptors (Lipinski definition) is 4. The molecule has 38 heavy (non-hydrogen) atoms. The lowest BCUT2D eigenvalue weighted by Gasteiger charge is -2.42. The molecule has 4 amide bonds. The molecule has 3 aliphatic rings. The van der Waals surface area contributed by atoms with Crippen molar-refractivity contribution in [1.82, 2.24) is 20.0 Å². The van der Waals surface area contributed by atoms with Crippen LogP contribution in [0.5, 0.6) is 0 Å². The van der Waals surface area contributed by atoms with E-state index in [4.69, 9.17) is 0 Å². The van der Waals surface area contributed by atoms with Crippen LogP contribution in [0, 0.1) is 5.92 Å². The summed E-state index contributed by atoms with van der Waals surface area (Å²) in [6.45, 7) is 5.10. The minimum Gasteiger partial charge on any atom is -0.349 e. The maximum absolute atomic E-state index is 13.7. The molecular formula is C29H36BrClN4O3. The van der Waals surface area contributed by atoms with Crippen molar-refractivity contribution in [2.45, 2.75) is 57.2 Å². The first-order valence-electron chi connectivity index (χ1n) is 13.4. The summed E-state index contributed by atoms with van der Waals surface area (Å²) in [6, 6.07) is 17.7. The van der Waals surface area contributed by atoms with E-state index in [9.17, 15) is 14.4 Å². The smallest absolute Gasteiger partial charge is 0.327 e. The number of nitrogens with zero attached hydrogens (tertiary/aromatic N) is 3. The number of carbonyl (C=O) groups is 3. The SMILES string of the molecule is CCN1C(=O)N(Cc2ccc(Br)cc2)C(=O)C12CCN(CC[C@H](NC(=O)C1CC1)c1ccccc1)CC2.Cl. The third-order valence-electron chi connectivity index (χ3n) is 8.08. The summed E-state index contributed by atoms with van der Waals surface area (Å²) < 4.78 is 0.968. The van der Waals surface area contributed by atoms with Crippen LogP contribution in [0.1, 0.15) is 56.2 Å². The molecule has 2 aromatic rings. The third-order valence-corrected chi connectivity index (χ3v) is 8.60. The molecule has 0 radical (unpaired) electrons. The summed E-state index contributed by atoms with van der Waals surface area (Å²) in [4.78, 5) is 45.1. The molecule has 1 saturated carbocycles. The molecule has 3 fully saturated rings. The summed E-state index contributed by atoms with van der Waals surface area (Å²) in [5.74, 6) is 0.263. The van der Waals surface area contributed by atoms with E-state index in [0.29, 0.717) is 25.9 Å². The second-order valence-corrected chi connectivity index (χ2v) is 11.4. The van der Waals surface area contributed by atoms with Crippen molar-refractivity contribution in [2.75, 3.05) is 26.2 Å². The molecule has 0 aromatic heterocycles. The van der Waals surface area contributed by atoms with E-state index in [1.165, 1.54) is 4.90 Å². The van der Waals surface area contributed by atoms with Gasteiger partial charge in [0.05, 0.1) is 12.6 Å². The van der Waals surface area contributed by atoms with Gasteiger partial charge in [0.1, 0.15) is 5.54 Å². The van der Waals surface area contributed by atoms with Crippen LogP contribution in [0.2, 0.25) is 0 Å². The number of halogens is 2. The summed E-state index contributed by atoms with van der Waals surface area (Å²) in [5.41, 5.74) is 1.31. The largest absolute Gasteiger partial charge is 0.349 e. The Morgan fingerprint density at radius 2 is 1.71 bits per heavy atom. The molecule has 0 bridgehead atoms. The molecule has 0 unspecified atom stereocenters. The number of benzene rings is 2. The highest BCUT2D eigenvalue weighted by Crippen LogP contribution is 2.38. The van der Waals surface area contributed by atoms with Gasteiger partial charge < -0.3 is 15.1 Å². The molecule has 2 saturated heterocycles. The predicted molar refractivity (Wildman–Crippen MR) is 153 cm³/mol. The van der Waals surface area contributed by atoms with Crippen LogP contribution in [-0.4, -0.2) is 64.3 Å². The van der Waals surface area contributed by atoms with E-state index in [-0.39, 0.29) is 42.2 Å². The van der Waals surface area contributed by atoms with Gasteiger partial charge in [0, 0.05) is 36.6 Å². The normalized spacial score (nSPS) is 19.9. The molecule has 1 spiro atoms. The summed E-state index contributed by atoms with van der Waals surface area (Å²) in [5, 5.41) is 3.26. The Kier molecular flexibility index (Phi) is 9.16. The van der Waals surface area contributed by atoms with Crippen molar-refractivity contribution < 1.29 is 14.4 Å². The Morgan fingerprint density at radius 3 is 2.32 bits per heavy atom. The van der Waals surface area contributed by atoms with Crippen LogP contribution in [0.3, 0.4) is 0 Å². The number of carbonyl (C=O) groups excluding carboxylic acids is 3. The number of nitrogens with one attached hydrogen (secondary N) is 1. The van der Waals surface area contributed by atoms with Gasteiger partial charge in [-0.05, 0) is 62.3 Å². The summed E-state index contributed by atoms with van der Waals surface area (Å²) >= 11 is 3.44. The van der Waals surface area contributed by atoms with Crippen molar-refractivity contribution in [3.63, 3.8) is 0 Å². The zero-order chi connectivity index (χ0) is 26.0. The number of likely N-dealkylation sites (tertiary alicyclic amines) is 1. The van der Waals surface area contributed by atoms with Crippen LogP contribution >= 0.6 is 28.3 Å². The van der Waals surface area contributed by atoms with Crippen molar-refractivity contribution in [2.24, 2.45) is 5.92 Å². The van der Waals surface area contributed by atoms with Crippen LogP contribution in [0.4, 0.5) is 4.79 Å². The highest BCUT2D eigenvalue weighted by atomic mass is 79.9. The molecule has 1 aliphatic carbocycles. The molecule has 9 heteroatoms. The lowest BCUT2D eigenvalue weighted by atomic mass is 9.85. The quantitative estimate of drug-likeness (QED) is 0.403. The third kappa shape index (κ3) is 5.92. The Morgan fingerprint density at radius 1 is 1.05 bits per heavy atom. The summed E-state index contributed by atoms with van der Waals surface area (Å²) in [6.07, 6.45) is 4.05. The zero-order valence-corrected chi connectivity index (χ0v) is 24.2. The molecule has 1 N–H and O–H groups in total. The molecule has 2 aromatic carbocycles. The first-order chi connectivity index (χ1) is 17.9. The van der Waals surface area contributed by atoms with Crippen molar-refractivity contribution >= 4 is 46.2 Å². The molecule has 5 rings (SSSR count). The molecular weight excluding hydrogens is 568 g/mol. The first kappa shape index (κ1) is 28.6. The van der Waals surface area contributed by atoms with Crippen molar-refractivity contribution in [3.8, 4) is 0 Å². The first-order valence-corrected chi connectivity index (χ1v) is 14.2. The molecule has 7 nitrogen and oxygen atoms in total. The minimum atomic E-state index is -0.753. The van der Waals surface area contributed by atoms with Gasteiger partial charge in [0.15, 0.2) is 0 Å². The minimum absolute atomic E-state index is 0. The van der Waals surface area contributed by atoms with E-state index in [0.717, 1.165) is 54.5 Å². The maximum atomic E-state index is 13.7. The maximum Gasteiger partial charge on any atom is 0.327 e. The number of imide groups is 1. The Balaban J connectivity index is 0.00000336. The van der Waals surface area contributed by atoms with Gasteiger partial charge in [-0.1, -0.05) is 58.4 Å². The van der Waals surface area contributed by atoms with E-state index >= 15 is 0 Å². The number of piperidine rings is 1. The van der Waals surface area contributed by atoms with E-state index in [1.54, 1.807) is 4.90 Å². The Bertz CT molecular complexity index is 1130. The Hall–Kier alpha value is -2.42. The average molecular weight is 604 g/mol.